The van der Waals surface area contributed by atoms with E-state index in [1.54, 1.807) is 0 Å². The van der Waals surface area contributed by atoms with Crippen LogP contribution in [0.3, 0.4) is 0 Å². The van der Waals surface area contributed by atoms with E-state index in [1.165, 1.54) is 0 Å². The minimum atomic E-state index is -4.82. The zero-order valence-corrected chi connectivity index (χ0v) is 14.7. The number of aromatic amines is 1. The van der Waals surface area contributed by atoms with Crippen molar-refractivity contribution in [2.75, 3.05) is 11.9 Å². The highest BCUT2D eigenvalue weighted by molar-refractivity contribution is 7.46. The summed E-state index contributed by atoms with van der Waals surface area (Å²) in [4.78, 5) is 50.2. The van der Waals surface area contributed by atoms with E-state index in [0.717, 1.165) is 10.9 Å². The maximum Gasteiger partial charge on any atom is 0.469 e. The lowest BCUT2D eigenvalue weighted by Crippen LogP contribution is -2.33. The Balaban J connectivity index is 1.91. The molecule has 154 valence electrons. The van der Waals surface area contributed by atoms with Crippen LogP contribution < -0.4 is 10.9 Å². The summed E-state index contributed by atoms with van der Waals surface area (Å²) in [5.74, 6) is -0.270. The van der Waals surface area contributed by atoms with Gasteiger partial charge in [-0.05, 0) is 0 Å². The minimum absolute atomic E-state index is 0.114. The van der Waals surface area contributed by atoms with Gasteiger partial charge in [-0.15, -0.1) is 0 Å². The Hall–Kier alpha value is -2.23. The van der Waals surface area contributed by atoms with Crippen molar-refractivity contribution in [1.82, 2.24) is 19.5 Å². The minimum Gasteiger partial charge on any atom is -0.387 e. The molecule has 0 saturated carbocycles. The molecule has 1 aliphatic rings. The second-order valence-electron chi connectivity index (χ2n) is 5.80. The van der Waals surface area contributed by atoms with Crippen LogP contribution in [0.1, 0.15) is 6.23 Å². The number of fused-ring (bicyclic) bond motifs is 1. The van der Waals surface area contributed by atoms with Gasteiger partial charge in [0.2, 0.25) is 5.95 Å². The lowest BCUT2D eigenvalue weighted by Gasteiger charge is -2.17. The van der Waals surface area contributed by atoms with E-state index in [1.807, 2.05) is 0 Å². The predicted octanol–water partition coefficient (Wildman–Crippen LogP) is -3.22. The fraction of sp³-hybridized carbons (Fsp3) is 0.500. The molecule has 1 fully saturated rings. The summed E-state index contributed by atoms with van der Waals surface area (Å²) in [7, 11) is -4.82. The van der Waals surface area contributed by atoms with Crippen LogP contribution in [0.5, 0.6) is 0 Å². The van der Waals surface area contributed by atoms with Crippen LogP contribution in [-0.2, 0) is 18.6 Å². The normalized spacial score (nSPS) is 26.5. The number of aromatic nitrogens is 4. The topological polar surface area (TPSA) is 229 Å². The van der Waals surface area contributed by atoms with Crippen molar-refractivity contribution >= 4 is 31.2 Å². The van der Waals surface area contributed by atoms with Crippen molar-refractivity contribution in [3.05, 3.63) is 16.7 Å². The van der Waals surface area contributed by atoms with Gasteiger partial charge in [0.15, 0.2) is 29.9 Å². The summed E-state index contributed by atoms with van der Waals surface area (Å²) in [6.45, 7) is -0.710. The van der Waals surface area contributed by atoms with Gasteiger partial charge < -0.3 is 35.2 Å². The molecule has 28 heavy (non-hydrogen) atoms. The summed E-state index contributed by atoms with van der Waals surface area (Å²) >= 11 is 0. The van der Waals surface area contributed by atoms with Gasteiger partial charge in [-0.3, -0.25) is 23.7 Å². The summed E-state index contributed by atoms with van der Waals surface area (Å²) in [6.07, 6.45) is -6.12. The van der Waals surface area contributed by atoms with Crippen molar-refractivity contribution in [2.45, 2.75) is 30.8 Å². The lowest BCUT2D eigenvalue weighted by atomic mass is 10.1. The van der Waals surface area contributed by atoms with Crippen LogP contribution >= 0.6 is 7.82 Å². The van der Waals surface area contributed by atoms with E-state index >= 15 is 0 Å². The second-order valence-corrected chi connectivity index (χ2v) is 7.04. The molecule has 15 nitrogen and oxygen atoms in total. The number of aliphatic hydroxyl groups is 3. The molecule has 0 bridgehead atoms. The van der Waals surface area contributed by atoms with Gasteiger partial charge in [-0.25, -0.2) is 9.55 Å². The third-order valence-corrected chi connectivity index (χ3v) is 4.35. The van der Waals surface area contributed by atoms with E-state index in [9.17, 15) is 29.5 Å². The molecular formula is C12H16N5O10P. The molecule has 7 N–H and O–H groups in total. The number of aldehydes is 1. The number of carbonyl (C=O) groups excluding carboxylic acids is 1. The molecule has 1 aliphatic heterocycles. The van der Waals surface area contributed by atoms with Crippen molar-refractivity contribution in [3.63, 3.8) is 0 Å². The largest absolute Gasteiger partial charge is 0.469 e. The maximum atomic E-state index is 12.1. The van der Waals surface area contributed by atoms with Crippen LogP contribution in [0.25, 0.3) is 11.2 Å². The van der Waals surface area contributed by atoms with Crippen molar-refractivity contribution in [2.24, 2.45) is 0 Å². The summed E-state index contributed by atoms with van der Waals surface area (Å²) in [6, 6.07) is 0. The molecule has 3 heterocycles. The van der Waals surface area contributed by atoms with Crippen LogP contribution in [0.4, 0.5) is 5.95 Å². The van der Waals surface area contributed by atoms with Crippen LogP contribution in [0.15, 0.2) is 11.1 Å². The van der Waals surface area contributed by atoms with Crippen molar-refractivity contribution in [3.8, 4) is 0 Å². The van der Waals surface area contributed by atoms with E-state index < -0.39 is 50.8 Å². The fourth-order valence-corrected chi connectivity index (χ4v) is 2.96. The van der Waals surface area contributed by atoms with Gasteiger partial charge in [0.25, 0.3) is 5.56 Å². The Bertz CT molecular complexity index is 971. The molecule has 1 saturated heterocycles. The van der Waals surface area contributed by atoms with E-state index in [4.69, 9.17) is 14.5 Å². The Kier molecular flexibility index (Phi) is 5.60. The smallest absolute Gasteiger partial charge is 0.387 e. The molecular weight excluding hydrogens is 405 g/mol. The van der Waals surface area contributed by atoms with Gasteiger partial charge in [0.1, 0.15) is 18.3 Å². The number of hydrogen-bond acceptors (Lipinski definition) is 11. The average molecular weight is 421 g/mol. The van der Waals surface area contributed by atoms with Crippen molar-refractivity contribution in [1.29, 1.82) is 0 Å². The number of H-pyrrole nitrogens is 1. The van der Waals surface area contributed by atoms with Gasteiger partial charge in [-0.1, -0.05) is 0 Å². The quantitative estimate of drug-likeness (QED) is 0.133. The molecule has 0 amide bonds. The monoisotopic (exact) mass is 421 g/mol. The lowest BCUT2D eigenvalue weighted by molar-refractivity contribution is -0.113. The maximum absolute atomic E-state index is 12.1. The zero-order chi connectivity index (χ0) is 20.6. The highest BCUT2D eigenvalue weighted by Crippen LogP contribution is 2.38. The highest BCUT2D eigenvalue weighted by atomic mass is 31.2. The van der Waals surface area contributed by atoms with Crippen molar-refractivity contribution < 1.29 is 43.7 Å². The number of nitrogens with one attached hydrogen (secondary N) is 2. The first-order valence-electron chi connectivity index (χ1n) is 7.69. The zero-order valence-electron chi connectivity index (χ0n) is 13.8. The number of rotatable bonds is 7. The first kappa shape index (κ1) is 20.5. The molecule has 0 radical (unpaired) electrons. The molecule has 16 heteroatoms. The summed E-state index contributed by atoms with van der Waals surface area (Å²) < 4.78 is 21.6. The standard InChI is InChI=1S/C12H16N5O10P/c18-1-5(19)14-12-15-9-6(10(22)16-12)13-3-17(9)11-8(21)7(20)4(27-11)2-26-28(23,24)25/h1,3-5,7-8,11,19-21H,2H2,(H2,23,24,25)(H2,14,15,16,22)/t4-,5?,7-,8-,11-/m1/s1. The van der Waals surface area contributed by atoms with Gasteiger partial charge in [0.05, 0.1) is 12.9 Å². The Morgan fingerprint density at radius 3 is 2.79 bits per heavy atom. The third-order valence-electron chi connectivity index (χ3n) is 3.86. The molecule has 1 unspecified atom stereocenters. The fourth-order valence-electron chi connectivity index (χ4n) is 2.62. The van der Waals surface area contributed by atoms with E-state index in [0.29, 0.717) is 0 Å². The van der Waals surface area contributed by atoms with Crippen LogP contribution in [0.2, 0.25) is 0 Å². The number of phosphoric ester groups is 1. The molecule has 5 atom stereocenters. The highest BCUT2D eigenvalue weighted by Gasteiger charge is 2.45. The van der Waals surface area contributed by atoms with Gasteiger partial charge in [0, 0.05) is 0 Å². The SMILES string of the molecule is O=CC(O)Nc1nc2c(ncn2[C@@H]2O[C@H](COP(=O)(O)O)[C@@H](O)[C@H]2O)c(=O)[nH]1. The molecule has 2 aromatic heterocycles. The molecule has 3 rings (SSSR count). The molecule has 2 aromatic rings. The number of aliphatic hydroxyl groups excluding tert-OH is 3. The Morgan fingerprint density at radius 1 is 1.43 bits per heavy atom. The summed E-state index contributed by atoms with van der Waals surface area (Å²) in [5.41, 5.74) is -0.998. The Morgan fingerprint density at radius 2 is 2.14 bits per heavy atom. The first-order chi connectivity index (χ1) is 13.1. The first-order valence-corrected chi connectivity index (χ1v) is 9.22. The summed E-state index contributed by atoms with van der Waals surface area (Å²) in [5, 5.41) is 31.8. The molecule has 0 spiro atoms. The van der Waals surface area contributed by atoms with Gasteiger partial charge in [-0.2, -0.15) is 4.98 Å². The second kappa shape index (κ2) is 7.65. The molecule has 0 aliphatic carbocycles. The number of hydrogen-bond donors (Lipinski definition) is 7. The van der Waals surface area contributed by atoms with Gasteiger partial charge >= 0.3 is 7.82 Å². The number of phosphoric acid groups is 1. The van der Waals surface area contributed by atoms with E-state index in [2.05, 4.69) is 24.8 Å². The van der Waals surface area contributed by atoms with E-state index in [-0.39, 0.29) is 23.4 Å². The molecule has 0 aromatic carbocycles. The number of nitrogens with zero attached hydrogens (tertiary/aromatic N) is 3. The van der Waals surface area contributed by atoms with Crippen LogP contribution in [-0.4, -0.2) is 82.1 Å². The predicted molar refractivity (Wildman–Crippen MR) is 87.8 cm³/mol. The number of imidazole rings is 1. The number of carbonyl (C=O) groups is 1. The average Bonchev–Trinajstić information content (AvgIpc) is 3.15. The Labute approximate surface area is 154 Å². The third kappa shape index (κ3) is 4.11. The number of ether oxygens (including phenoxy) is 1. The number of anilines is 1. The van der Waals surface area contributed by atoms with Crippen LogP contribution in [0, 0.1) is 0 Å².